The molecule has 3 aromatic rings. The van der Waals surface area contributed by atoms with E-state index in [-0.39, 0.29) is 23.4 Å². The second-order valence-corrected chi connectivity index (χ2v) is 11.9. The Hall–Kier alpha value is -3.36. The lowest BCUT2D eigenvalue weighted by Gasteiger charge is -2.33. The lowest BCUT2D eigenvalue weighted by Crippen LogP contribution is -2.53. The molecule has 0 heterocycles. The molecule has 0 aliphatic rings. The highest BCUT2D eigenvalue weighted by Crippen LogP contribution is 2.25. The van der Waals surface area contributed by atoms with Gasteiger partial charge >= 0.3 is 0 Å². The monoisotopic (exact) mass is 569 g/mol. The van der Waals surface area contributed by atoms with Crippen LogP contribution in [-0.2, 0) is 26.2 Å². The van der Waals surface area contributed by atoms with E-state index >= 15 is 0 Å². The number of carbonyl (C=O) groups is 2. The average molecular weight is 570 g/mol. The van der Waals surface area contributed by atoms with Crippen LogP contribution in [0.5, 0.6) is 0 Å². The lowest BCUT2D eigenvalue weighted by atomic mass is 10.1. The van der Waals surface area contributed by atoms with E-state index in [4.69, 9.17) is 11.6 Å². The standard InChI is InChI=1S/C30H36ClN3O4S/c1-5-23(4)32-30(36)28(6-2)33(20-24-12-10-11-22(3)19-24)29(35)21-34(26-13-8-7-9-14-26)39(37,38)27-17-15-25(31)16-18-27/h7-19,23,28H,5-6,20-21H2,1-4H3,(H,32,36)/t23-,28-/m1/s1. The number of halogens is 1. The molecular weight excluding hydrogens is 534 g/mol. The fourth-order valence-corrected chi connectivity index (χ4v) is 5.76. The summed E-state index contributed by atoms with van der Waals surface area (Å²) in [5.41, 5.74) is 2.21. The summed E-state index contributed by atoms with van der Waals surface area (Å²) in [4.78, 5) is 28.8. The molecule has 0 aromatic heterocycles. The van der Waals surface area contributed by atoms with Gasteiger partial charge in [0.25, 0.3) is 10.0 Å². The minimum Gasteiger partial charge on any atom is -0.352 e. The minimum atomic E-state index is -4.13. The molecule has 0 saturated heterocycles. The van der Waals surface area contributed by atoms with E-state index in [9.17, 15) is 18.0 Å². The first kappa shape index (κ1) is 30.2. The van der Waals surface area contributed by atoms with Crippen LogP contribution in [-0.4, -0.2) is 43.8 Å². The maximum Gasteiger partial charge on any atom is 0.264 e. The fraction of sp³-hybridized carbons (Fsp3) is 0.333. The van der Waals surface area contributed by atoms with E-state index < -0.39 is 28.5 Å². The van der Waals surface area contributed by atoms with Gasteiger partial charge in [-0.3, -0.25) is 13.9 Å². The Morgan fingerprint density at radius 1 is 0.923 bits per heavy atom. The van der Waals surface area contributed by atoms with Crippen LogP contribution in [0.2, 0.25) is 5.02 Å². The third-order valence-electron chi connectivity index (χ3n) is 6.55. The van der Waals surface area contributed by atoms with E-state index in [0.29, 0.717) is 17.1 Å². The SMILES string of the molecule is CC[C@@H](C)NC(=O)[C@@H](CC)N(Cc1cccc(C)c1)C(=O)CN(c1ccccc1)S(=O)(=O)c1ccc(Cl)cc1. The van der Waals surface area contributed by atoms with Gasteiger partial charge in [0.15, 0.2) is 0 Å². The Labute approximate surface area is 236 Å². The number of sulfonamides is 1. The summed E-state index contributed by atoms with van der Waals surface area (Å²) < 4.78 is 28.7. The van der Waals surface area contributed by atoms with Gasteiger partial charge in [0.1, 0.15) is 12.6 Å². The van der Waals surface area contributed by atoms with E-state index in [1.165, 1.54) is 29.2 Å². The summed E-state index contributed by atoms with van der Waals surface area (Å²) in [5, 5.41) is 3.38. The number of benzene rings is 3. The zero-order valence-corrected chi connectivity index (χ0v) is 24.4. The number of aryl methyl sites for hydroxylation is 1. The van der Waals surface area contributed by atoms with Gasteiger partial charge in [-0.2, -0.15) is 0 Å². The molecule has 3 rings (SSSR count). The summed E-state index contributed by atoms with van der Waals surface area (Å²) >= 11 is 5.99. The number of hydrogen-bond acceptors (Lipinski definition) is 4. The highest BCUT2D eigenvalue weighted by Gasteiger charge is 2.33. The Morgan fingerprint density at radius 2 is 1.59 bits per heavy atom. The van der Waals surface area contributed by atoms with Crippen molar-refractivity contribution in [3.05, 3.63) is 95.0 Å². The normalized spacial score (nSPS) is 12.8. The highest BCUT2D eigenvalue weighted by molar-refractivity contribution is 7.92. The van der Waals surface area contributed by atoms with Gasteiger partial charge in [0.05, 0.1) is 10.6 Å². The number of rotatable bonds is 12. The predicted molar refractivity (Wildman–Crippen MR) is 156 cm³/mol. The molecule has 2 amide bonds. The molecule has 1 N–H and O–H groups in total. The van der Waals surface area contributed by atoms with Gasteiger partial charge in [0.2, 0.25) is 11.8 Å². The molecule has 208 valence electrons. The summed E-state index contributed by atoms with van der Waals surface area (Å²) in [7, 11) is -4.13. The van der Waals surface area contributed by atoms with Gasteiger partial charge < -0.3 is 10.2 Å². The van der Waals surface area contributed by atoms with Crippen molar-refractivity contribution < 1.29 is 18.0 Å². The molecule has 0 saturated carbocycles. The van der Waals surface area contributed by atoms with Crippen LogP contribution in [0, 0.1) is 6.92 Å². The molecular formula is C30H36ClN3O4S. The maximum atomic E-state index is 14.0. The molecule has 2 atom stereocenters. The molecule has 0 unspecified atom stereocenters. The van der Waals surface area contributed by atoms with Crippen molar-refractivity contribution in [1.29, 1.82) is 0 Å². The topological polar surface area (TPSA) is 86.8 Å². The number of nitrogens with one attached hydrogen (secondary N) is 1. The first-order valence-corrected chi connectivity index (χ1v) is 14.9. The number of amides is 2. The van der Waals surface area contributed by atoms with Crippen molar-refractivity contribution in [2.75, 3.05) is 10.8 Å². The largest absolute Gasteiger partial charge is 0.352 e. The van der Waals surface area contributed by atoms with Crippen LogP contribution >= 0.6 is 11.6 Å². The summed E-state index contributed by atoms with van der Waals surface area (Å²) in [5.74, 6) is -0.747. The second kappa shape index (κ2) is 13.6. The van der Waals surface area contributed by atoms with Crippen LogP contribution in [0.1, 0.15) is 44.7 Å². The molecule has 0 aliphatic carbocycles. The lowest BCUT2D eigenvalue weighted by molar-refractivity contribution is -0.140. The van der Waals surface area contributed by atoms with Crippen molar-refractivity contribution in [2.24, 2.45) is 0 Å². The minimum absolute atomic E-state index is 0.00958. The van der Waals surface area contributed by atoms with Gasteiger partial charge in [-0.25, -0.2) is 8.42 Å². The number of anilines is 1. The number of carbonyl (C=O) groups excluding carboxylic acids is 2. The van der Waals surface area contributed by atoms with Gasteiger partial charge in [-0.15, -0.1) is 0 Å². The van der Waals surface area contributed by atoms with Crippen LogP contribution in [0.15, 0.2) is 83.8 Å². The van der Waals surface area contributed by atoms with Crippen molar-refractivity contribution in [3.8, 4) is 0 Å². The molecule has 0 bridgehead atoms. The molecule has 0 spiro atoms. The van der Waals surface area contributed by atoms with E-state index in [2.05, 4.69) is 5.32 Å². The molecule has 9 heteroatoms. The first-order chi connectivity index (χ1) is 18.6. The van der Waals surface area contributed by atoms with E-state index in [1.807, 2.05) is 52.0 Å². The zero-order chi connectivity index (χ0) is 28.6. The molecule has 0 fully saturated rings. The van der Waals surface area contributed by atoms with Gasteiger partial charge in [-0.1, -0.05) is 73.5 Å². The average Bonchev–Trinajstić information content (AvgIpc) is 2.92. The van der Waals surface area contributed by atoms with Crippen LogP contribution < -0.4 is 9.62 Å². The number of nitrogens with zero attached hydrogens (tertiary/aromatic N) is 2. The van der Waals surface area contributed by atoms with Crippen molar-refractivity contribution in [3.63, 3.8) is 0 Å². The van der Waals surface area contributed by atoms with E-state index in [0.717, 1.165) is 21.9 Å². The Kier molecular flexibility index (Phi) is 10.5. The van der Waals surface area contributed by atoms with Crippen molar-refractivity contribution in [2.45, 2.75) is 64.1 Å². The fourth-order valence-electron chi connectivity index (χ4n) is 4.22. The Balaban J connectivity index is 2.03. The molecule has 39 heavy (non-hydrogen) atoms. The Morgan fingerprint density at radius 3 is 2.18 bits per heavy atom. The molecule has 7 nitrogen and oxygen atoms in total. The predicted octanol–water partition coefficient (Wildman–Crippen LogP) is 5.57. The maximum absolute atomic E-state index is 14.0. The third kappa shape index (κ3) is 7.83. The summed E-state index contributed by atoms with van der Waals surface area (Å²) in [6.07, 6.45) is 1.12. The summed E-state index contributed by atoms with van der Waals surface area (Å²) in [6.45, 7) is 7.37. The highest BCUT2D eigenvalue weighted by atomic mass is 35.5. The Bertz CT molecular complexity index is 1360. The first-order valence-electron chi connectivity index (χ1n) is 13.1. The summed E-state index contributed by atoms with van der Waals surface area (Å²) in [6, 6.07) is 21.2. The van der Waals surface area contributed by atoms with Crippen LogP contribution in [0.4, 0.5) is 5.69 Å². The van der Waals surface area contributed by atoms with Crippen molar-refractivity contribution in [1.82, 2.24) is 10.2 Å². The third-order valence-corrected chi connectivity index (χ3v) is 8.59. The van der Waals surface area contributed by atoms with Crippen molar-refractivity contribution >= 4 is 39.1 Å². The quantitative estimate of drug-likeness (QED) is 0.309. The van der Waals surface area contributed by atoms with Gasteiger partial charge in [-0.05, 0) is 68.7 Å². The zero-order valence-electron chi connectivity index (χ0n) is 22.8. The number of para-hydroxylation sites is 1. The second-order valence-electron chi connectivity index (χ2n) is 9.55. The van der Waals surface area contributed by atoms with Crippen LogP contribution in [0.25, 0.3) is 0 Å². The molecule has 0 radical (unpaired) electrons. The smallest absolute Gasteiger partial charge is 0.264 e. The number of hydrogen-bond donors (Lipinski definition) is 1. The molecule has 0 aliphatic heterocycles. The van der Waals surface area contributed by atoms with Gasteiger partial charge in [0, 0.05) is 17.6 Å². The molecule has 3 aromatic carbocycles. The van der Waals surface area contributed by atoms with Crippen LogP contribution in [0.3, 0.4) is 0 Å². The van der Waals surface area contributed by atoms with E-state index in [1.54, 1.807) is 30.3 Å².